The Labute approximate surface area is 636 Å². The van der Waals surface area contributed by atoms with Gasteiger partial charge in [-0.05, 0) is 88.4 Å². The van der Waals surface area contributed by atoms with Gasteiger partial charge in [0.05, 0.1) is 78.9 Å². The van der Waals surface area contributed by atoms with Gasteiger partial charge in [-0.15, -0.1) is 12.4 Å². The number of hydrogen-bond acceptors (Lipinski definition) is 24. The van der Waals surface area contributed by atoms with Crippen molar-refractivity contribution >= 4 is 110 Å². The first-order valence-electron chi connectivity index (χ1n) is 31.6. The van der Waals surface area contributed by atoms with Gasteiger partial charge in [-0.1, -0.05) is 62.9 Å². The van der Waals surface area contributed by atoms with Crippen LogP contribution in [0.3, 0.4) is 0 Å². The van der Waals surface area contributed by atoms with Crippen molar-refractivity contribution in [3.8, 4) is 34.5 Å². The molecule has 36 heteroatoms. The number of piperidine rings is 1. The molecule has 9 aromatic rings. The number of esters is 1. The van der Waals surface area contributed by atoms with Gasteiger partial charge in [-0.3, -0.25) is 19.8 Å². The van der Waals surface area contributed by atoms with E-state index in [1.54, 1.807) is 126 Å². The molecule has 2 amide bonds. The summed E-state index contributed by atoms with van der Waals surface area (Å²) in [5.74, 6) is -0.500. The lowest BCUT2D eigenvalue weighted by atomic mass is 9.97. The summed E-state index contributed by atoms with van der Waals surface area (Å²) in [4.78, 5) is 92.9. The fourth-order valence-corrected chi connectivity index (χ4v) is 10.2. The SMILES string of the molecule is CCOC(=O)C1CN(C(=O)OC(C)(C)C)CCC1=O.COCCBr.COCCOc1nc(-c2ccc(Cl)nc2)nc2c1CN(C(=O)c1cnn3ccccc13)CC2.COCCOc1nc(-c2ccc(Cl)nc2)nc2c1CNCC2.Cl.N=C(N)c1ccc(Cl)nc1.O=C(O)c1cnn2ccccc12.[CH3-].[O-2].[OH-]. The number of nitrogens with zero attached hydrogens (tertiary/aromatic N) is 13. The van der Waals surface area contributed by atoms with Crippen molar-refractivity contribution < 1.29 is 73.2 Å². The number of carbonyl (C=O) groups excluding carboxylic acids is 4. The predicted molar refractivity (Wildman–Crippen MR) is 396 cm³/mol. The van der Waals surface area contributed by atoms with Gasteiger partial charge < -0.3 is 77.5 Å². The first kappa shape index (κ1) is 90.0. The minimum atomic E-state index is -0.948. The third kappa shape index (κ3) is 27.0. The van der Waals surface area contributed by atoms with E-state index in [4.69, 9.17) is 84.5 Å². The third-order valence-electron chi connectivity index (χ3n) is 14.5. The maximum atomic E-state index is 13.3. The number of nitrogens with one attached hydrogen (secondary N) is 2. The highest BCUT2D eigenvalue weighted by Gasteiger charge is 2.37. The molecule has 31 nitrogen and oxygen atoms in total. The van der Waals surface area contributed by atoms with Crippen molar-refractivity contribution in [2.45, 2.75) is 65.6 Å². The number of aromatic carboxylic acids is 1. The molecule has 105 heavy (non-hydrogen) atoms. The lowest BCUT2D eigenvalue weighted by Crippen LogP contribution is -2.48. The van der Waals surface area contributed by atoms with E-state index in [0.717, 1.165) is 70.6 Å². The summed E-state index contributed by atoms with van der Waals surface area (Å²) in [5, 5.41) is 29.4. The number of Topliss-reactive ketones (excluding diaryl/α,β-unsaturated/α-hetero) is 1. The predicted octanol–water partition coefficient (Wildman–Crippen LogP) is 9.96. The number of pyridine rings is 5. The molecule has 0 bridgehead atoms. The summed E-state index contributed by atoms with van der Waals surface area (Å²) in [6.07, 6.45) is 12.3. The standard InChI is InChI=1S/C23H21ClN6O3.C15H17ClN4O2.C13H21NO5.C8H6N2O2.C6H6ClN3.C3H7BrO.CH3.ClH.H2O.O/c1-32-10-11-33-22-17-14-29(23(31)16-13-26-30-8-3-2-4-19(16)30)9-7-18(17)27-21(28-22)15-5-6-20(24)25-12-15;1-21-6-7-22-15-11-9-17-5-4-12(11)19-14(20-15)10-2-3-13(16)18-8-10;1-5-18-11(16)9-8-14(7-6-10(9)15)12(17)19-13(2,3)4;11-8(12)6-5-9-10-4-2-1-3-7(6)10;7-5-2-1-4(3-10-5)6(8)9;1-5-3-2-4;;;;/h2-6,8,12-13H,7,9-11,14H2,1H3;2-3,8,17H,4-7,9H2,1H3;9H,5-8H2,1-4H3;1-5H,(H,11,12);1-3H,(H3,8,9);2-3H2,1H3;1H3;1H;1H2;/q;;;;;;-1;;;-2/p-1. The zero-order valence-electron chi connectivity index (χ0n) is 58.9. The van der Waals surface area contributed by atoms with Crippen molar-refractivity contribution in [1.82, 2.24) is 69.2 Å². The fraction of sp³-hybridized carbons (Fsp3) is 0.362. The number of methoxy groups -OCH3 is 3. The normalized spacial score (nSPS) is 13.1. The minimum absolute atomic E-state index is 0. The average Bonchev–Trinajstić information content (AvgIpc) is 1.50. The number of nitrogen functional groups attached to an aromatic ring is 1. The molecular formula is C69H83BrCl4N16O15-4. The first-order valence-corrected chi connectivity index (χ1v) is 33.8. The zero-order chi connectivity index (χ0) is 73.0. The lowest BCUT2D eigenvalue weighted by Gasteiger charge is -2.32. The molecule has 12 rings (SSSR count). The summed E-state index contributed by atoms with van der Waals surface area (Å²) in [6, 6.07) is 21.3. The van der Waals surface area contributed by atoms with Crippen LogP contribution in [0.1, 0.15) is 82.9 Å². The number of alkyl halides is 1. The quantitative estimate of drug-likeness (QED) is 0.00962. The van der Waals surface area contributed by atoms with Crippen LogP contribution in [0.4, 0.5) is 4.79 Å². The number of ether oxygens (including phenoxy) is 7. The Morgan fingerprint density at radius 2 is 1.20 bits per heavy atom. The number of halogens is 5. The number of rotatable bonds is 17. The second kappa shape index (κ2) is 45.2. The number of carboxylic acids is 1. The van der Waals surface area contributed by atoms with Crippen LogP contribution in [0, 0.1) is 18.8 Å². The molecule has 1 unspecified atom stereocenters. The molecule has 0 spiro atoms. The molecule has 9 aromatic heterocycles. The fourth-order valence-electron chi connectivity index (χ4n) is 9.58. The summed E-state index contributed by atoms with van der Waals surface area (Å²) in [5.41, 5.74) is 12.6. The van der Waals surface area contributed by atoms with E-state index in [0.29, 0.717) is 101 Å². The number of amidine groups is 1. The minimum Gasteiger partial charge on any atom is -2.00 e. The Balaban J connectivity index is 0.000000350. The Bertz CT molecular complexity index is 4240. The number of amides is 2. The molecule has 1 fully saturated rings. The van der Waals surface area contributed by atoms with Crippen LogP contribution in [-0.4, -0.2) is 208 Å². The number of aromatic nitrogens is 11. The van der Waals surface area contributed by atoms with E-state index in [9.17, 15) is 24.0 Å². The van der Waals surface area contributed by atoms with Gasteiger partial charge in [0.1, 0.15) is 51.6 Å². The number of fused-ring (bicyclic) bond motifs is 4. The van der Waals surface area contributed by atoms with E-state index < -0.39 is 29.6 Å². The van der Waals surface area contributed by atoms with Gasteiger partial charge in [0, 0.05) is 132 Å². The van der Waals surface area contributed by atoms with Gasteiger partial charge in [0.15, 0.2) is 17.4 Å². The van der Waals surface area contributed by atoms with Gasteiger partial charge in [0.2, 0.25) is 11.8 Å². The van der Waals surface area contributed by atoms with Gasteiger partial charge >= 0.3 is 18.0 Å². The van der Waals surface area contributed by atoms with E-state index in [2.05, 4.69) is 66.1 Å². The Morgan fingerprint density at radius 1 is 0.686 bits per heavy atom. The number of likely N-dealkylation sites (tertiary alicyclic amines) is 1. The van der Waals surface area contributed by atoms with Crippen LogP contribution in [-0.2, 0) is 64.7 Å². The van der Waals surface area contributed by atoms with E-state index in [-0.39, 0.29) is 80.0 Å². The van der Waals surface area contributed by atoms with E-state index >= 15 is 0 Å². The van der Waals surface area contributed by atoms with Crippen molar-refractivity contribution in [3.63, 3.8) is 0 Å². The highest BCUT2D eigenvalue weighted by Crippen LogP contribution is 2.31. The van der Waals surface area contributed by atoms with Crippen LogP contribution in [0.25, 0.3) is 33.8 Å². The van der Waals surface area contributed by atoms with Crippen LogP contribution < -0.4 is 20.5 Å². The second-order valence-corrected chi connectivity index (χ2v) is 24.7. The van der Waals surface area contributed by atoms with Gasteiger partial charge in [-0.25, -0.2) is 43.5 Å². The van der Waals surface area contributed by atoms with E-state index in [1.165, 1.54) is 21.8 Å². The maximum Gasteiger partial charge on any atom is 0.410 e. The van der Waals surface area contributed by atoms with E-state index in [1.807, 2.05) is 36.5 Å². The molecule has 0 saturated carbocycles. The zero-order valence-corrected chi connectivity index (χ0v) is 63.5. The van der Waals surface area contributed by atoms with Crippen LogP contribution >= 0.6 is 63.1 Å². The summed E-state index contributed by atoms with van der Waals surface area (Å²) in [6.45, 7) is 12.5. The maximum absolute atomic E-state index is 13.3. The second-order valence-electron chi connectivity index (χ2n) is 22.8. The van der Waals surface area contributed by atoms with Crippen LogP contribution in [0.15, 0.2) is 116 Å². The number of carbonyl (C=O) groups is 5. The number of hydrogen-bond donors (Lipinski definition) is 4. The Hall–Kier alpha value is -9.19. The van der Waals surface area contributed by atoms with Crippen molar-refractivity contribution in [2.75, 3.05) is 92.5 Å². The molecule has 568 valence electrons. The molecule has 12 heterocycles. The van der Waals surface area contributed by atoms with Crippen LogP contribution in [0.5, 0.6) is 11.8 Å². The van der Waals surface area contributed by atoms with Crippen molar-refractivity contribution in [2.24, 2.45) is 11.7 Å². The van der Waals surface area contributed by atoms with Crippen LogP contribution in [0.2, 0.25) is 15.5 Å². The molecule has 6 N–H and O–H groups in total. The van der Waals surface area contributed by atoms with Gasteiger partial charge in [-0.2, -0.15) is 20.2 Å². The Morgan fingerprint density at radius 3 is 1.68 bits per heavy atom. The molecular weight excluding hydrogens is 1510 g/mol. The number of carboxylic acid groups (broad SMARTS) is 1. The molecule has 1 saturated heterocycles. The highest BCUT2D eigenvalue weighted by atomic mass is 79.9. The third-order valence-corrected chi connectivity index (χ3v) is 15.5. The van der Waals surface area contributed by atoms with Crippen molar-refractivity contribution in [1.29, 1.82) is 5.41 Å². The topological polar surface area (TPSA) is 422 Å². The summed E-state index contributed by atoms with van der Waals surface area (Å²) < 4.78 is 39.8. The average molecular weight is 1600 g/mol. The molecule has 0 aromatic carbocycles. The molecule has 0 aliphatic carbocycles. The molecule has 0 radical (unpaired) electrons. The Kier molecular flexibility index (Phi) is 38.8. The monoisotopic (exact) mass is 1590 g/mol. The smallest absolute Gasteiger partial charge is 0.410 e. The summed E-state index contributed by atoms with van der Waals surface area (Å²) >= 11 is 20.4. The highest BCUT2D eigenvalue weighted by molar-refractivity contribution is 9.09. The molecule has 3 aliphatic rings. The summed E-state index contributed by atoms with van der Waals surface area (Å²) in [7, 11) is 4.94. The van der Waals surface area contributed by atoms with Gasteiger partial charge in [0.25, 0.3) is 5.91 Å². The number of nitrogens with two attached hydrogens (primary N) is 1. The lowest BCUT2D eigenvalue weighted by molar-refractivity contribution is -0.153. The van der Waals surface area contributed by atoms with Crippen molar-refractivity contribution in [3.05, 3.63) is 178 Å². The largest absolute Gasteiger partial charge is 2.00 e. The molecule has 3 aliphatic heterocycles. The first-order chi connectivity index (χ1) is 48.6. The molecule has 1 atom stereocenters. The number of ketones is 1.